The Labute approximate surface area is 90.5 Å². The van der Waals surface area contributed by atoms with Gasteiger partial charge in [0.05, 0.1) is 11.0 Å². The predicted molar refractivity (Wildman–Crippen MR) is 60.6 cm³/mol. The molecule has 0 radical (unpaired) electrons. The lowest BCUT2D eigenvalue weighted by Crippen LogP contribution is -1.94. The molecule has 0 fully saturated rings. The average molecular weight is 212 g/mol. The monoisotopic (exact) mass is 212 g/mol. The molecule has 0 saturated heterocycles. The fourth-order valence-corrected chi connectivity index (χ4v) is 1.85. The lowest BCUT2D eigenvalue weighted by Gasteiger charge is -1.97. The largest absolute Gasteiger partial charge is 0.477 e. The second kappa shape index (κ2) is 3.06. The molecule has 0 unspecified atom stereocenters. The molecule has 16 heavy (non-hydrogen) atoms. The molecule has 2 heterocycles. The summed E-state index contributed by atoms with van der Waals surface area (Å²) in [6, 6.07) is 9.25. The van der Waals surface area contributed by atoms with Crippen molar-refractivity contribution >= 4 is 27.8 Å². The van der Waals surface area contributed by atoms with Crippen LogP contribution in [0.5, 0.6) is 0 Å². The number of hydrogen-bond acceptors (Lipinski definition) is 2. The number of pyridine rings is 1. The van der Waals surface area contributed by atoms with Crippen LogP contribution in [0.1, 0.15) is 10.5 Å². The van der Waals surface area contributed by atoms with E-state index in [4.69, 9.17) is 5.11 Å². The van der Waals surface area contributed by atoms with Crippen LogP contribution in [-0.2, 0) is 0 Å². The summed E-state index contributed by atoms with van der Waals surface area (Å²) in [5.41, 5.74) is 1.76. The van der Waals surface area contributed by atoms with Gasteiger partial charge in [-0.1, -0.05) is 18.2 Å². The van der Waals surface area contributed by atoms with Crippen LogP contribution in [0.15, 0.2) is 36.5 Å². The standard InChI is InChI=1S/C12H8N2O2/c15-12(16)9-6-8-4-3-7-2-1-5-13-10(7)11(8)14-9/h1-6,14H,(H,15,16). The number of carbonyl (C=O) groups is 1. The topological polar surface area (TPSA) is 66.0 Å². The zero-order chi connectivity index (χ0) is 11.1. The SMILES string of the molecule is O=C(O)c1cc2ccc3cccnc3c2[nH]1. The number of rotatable bonds is 1. The van der Waals surface area contributed by atoms with Gasteiger partial charge in [0.15, 0.2) is 0 Å². The summed E-state index contributed by atoms with van der Waals surface area (Å²) in [7, 11) is 0. The number of fused-ring (bicyclic) bond motifs is 3. The molecule has 0 aliphatic rings. The van der Waals surface area contributed by atoms with Crippen LogP contribution in [0.25, 0.3) is 21.8 Å². The summed E-state index contributed by atoms with van der Waals surface area (Å²) in [6.07, 6.45) is 1.70. The molecule has 3 aromatic rings. The first-order valence-electron chi connectivity index (χ1n) is 4.85. The van der Waals surface area contributed by atoms with E-state index in [1.807, 2.05) is 24.3 Å². The highest BCUT2D eigenvalue weighted by Crippen LogP contribution is 2.23. The van der Waals surface area contributed by atoms with Gasteiger partial charge in [0.2, 0.25) is 0 Å². The Kier molecular flexibility index (Phi) is 1.71. The van der Waals surface area contributed by atoms with Crippen LogP contribution in [0.3, 0.4) is 0 Å². The number of aromatic carboxylic acids is 1. The number of nitrogens with one attached hydrogen (secondary N) is 1. The maximum absolute atomic E-state index is 10.9. The van der Waals surface area contributed by atoms with Crippen LogP contribution in [-0.4, -0.2) is 21.0 Å². The molecule has 3 rings (SSSR count). The van der Waals surface area contributed by atoms with Crippen molar-refractivity contribution in [2.75, 3.05) is 0 Å². The number of carboxylic acids is 1. The molecule has 1 aromatic carbocycles. The Morgan fingerprint density at radius 3 is 2.88 bits per heavy atom. The Balaban J connectivity index is 2.46. The minimum atomic E-state index is -0.958. The van der Waals surface area contributed by atoms with Crippen molar-refractivity contribution < 1.29 is 9.90 Å². The first-order valence-corrected chi connectivity index (χ1v) is 4.85. The molecule has 2 aromatic heterocycles. The van der Waals surface area contributed by atoms with Gasteiger partial charge in [-0.05, 0) is 12.1 Å². The number of nitrogens with zero attached hydrogens (tertiary/aromatic N) is 1. The molecule has 0 bridgehead atoms. The number of H-pyrrole nitrogens is 1. The highest BCUT2D eigenvalue weighted by Gasteiger charge is 2.09. The molecule has 0 aliphatic heterocycles. The summed E-state index contributed by atoms with van der Waals surface area (Å²) >= 11 is 0. The number of benzene rings is 1. The van der Waals surface area contributed by atoms with Gasteiger partial charge in [0, 0.05) is 17.0 Å². The first kappa shape index (κ1) is 8.91. The van der Waals surface area contributed by atoms with E-state index in [9.17, 15) is 4.79 Å². The van der Waals surface area contributed by atoms with Gasteiger partial charge in [-0.3, -0.25) is 4.98 Å². The van der Waals surface area contributed by atoms with E-state index >= 15 is 0 Å². The minimum absolute atomic E-state index is 0.188. The molecule has 4 heteroatoms. The summed E-state index contributed by atoms with van der Waals surface area (Å²) in [6.45, 7) is 0. The van der Waals surface area contributed by atoms with Crippen LogP contribution in [0.2, 0.25) is 0 Å². The Morgan fingerprint density at radius 1 is 1.25 bits per heavy atom. The van der Waals surface area contributed by atoms with Gasteiger partial charge >= 0.3 is 5.97 Å². The van der Waals surface area contributed by atoms with E-state index in [0.29, 0.717) is 0 Å². The first-order chi connectivity index (χ1) is 7.75. The summed E-state index contributed by atoms with van der Waals surface area (Å²) in [5.74, 6) is -0.958. The van der Waals surface area contributed by atoms with Crippen molar-refractivity contribution in [3.63, 3.8) is 0 Å². The van der Waals surface area contributed by atoms with Crippen LogP contribution >= 0.6 is 0 Å². The number of hydrogen-bond donors (Lipinski definition) is 2. The molecule has 0 amide bonds. The van der Waals surface area contributed by atoms with Crippen molar-refractivity contribution in [1.29, 1.82) is 0 Å². The van der Waals surface area contributed by atoms with E-state index < -0.39 is 5.97 Å². The van der Waals surface area contributed by atoms with Gasteiger partial charge < -0.3 is 10.1 Å². The normalized spacial score (nSPS) is 11.0. The van der Waals surface area contributed by atoms with Crippen molar-refractivity contribution in [3.8, 4) is 0 Å². The van der Waals surface area contributed by atoms with Crippen LogP contribution in [0.4, 0.5) is 0 Å². The molecule has 0 aliphatic carbocycles. The van der Waals surface area contributed by atoms with E-state index in [1.165, 1.54) is 0 Å². The highest BCUT2D eigenvalue weighted by atomic mass is 16.4. The quantitative estimate of drug-likeness (QED) is 0.651. The molecule has 2 N–H and O–H groups in total. The van der Waals surface area contributed by atoms with Gasteiger partial charge in [0.1, 0.15) is 5.69 Å². The molecule has 4 nitrogen and oxygen atoms in total. The highest BCUT2D eigenvalue weighted by molar-refractivity contribution is 6.06. The van der Waals surface area contributed by atoms with Crippen molar-refractivity contribution in [2.45, 2.75) is 0 Å². The second-order valence-corrected chi connectivity index (χ2v) is 3.59. The summed E-state index contributed by atoms with van der Waals surface area (Å²) in [4.78, 5) is 18.0. The number of carboxylic acid groups (broad SMARTS) is 1. The number of aromatic amines is 1. The minimum Gasteiger partial charge on any atom is -0.477 e. The van der Waals surface area contributed by atoms with E-state index in [2.05, 4.69) is 9.97 Å². The van der Waals surface area contributed by atoms with Crippen molar-refractivity contribution in [3.05, 3.63) is 42.2 Å². The zero-order valence-corrected chi connectivity index (χ0v) is 8.27. The molecule has 78 valence electrons. The van der Waals surface area contributed by atoms with Gasteiger partial charge in [0.25, 0.3) is 0 Å². The third kappa shape index (κ3) is 1.16. The van der Waals surface area contributed by atoms with E-state index in [1.54, 1.807) is 12.3 Å². The second-order valence-electron chi connectivity index (χ2n) is 3.59. The lowest BCUT2D eigenvalue weighted by molar-refractivity contribution is 0.0691. The molecular formula is C12H8N2O2. The number of aromatic nitrogens is 2. The maximum atomic E-state index is 10.9. The zero-order valence-electron chi connectivity index (χ0n) is 8.27. The van der Waals surface area contributed by atoms with Gasteiger partial charge in [-0.2, -0.15) is 0 Å². The van der Waals surface area contributed by atoms with Gasteiger partial charge in [-0.25, -0.2) is 4.79 Å². The smallest absolute Gasteiger partial charge is 0.352 e. The Hall–Kier alpha value is -2.36. The van der Waals surface area contributed by atoms with E-state index in [-0.39, 0.29) is 5.69 Å². The Bertz CT molecular complexity index is 700. The summed E-state index contributed by atoms with van der Waals surface area (Å²) in [5, 5.41) is 10.8. The predicted octanol–water partition coefficient (Wildman–Crippen LogP) is 2.41. The third-order valence-corrected chi connectivity index (χ3v) is 2.60. The Morgan fingerprint density at radius 2 is 2.06 bits per heavy atom. The maximum Gasteiger partial charge on any atom is 0.352 e. The molecular weight excluding hydrogens is 204 g/mol. The molecule has 0 atom stereocenters. The third-order valence-electron chi connectivity index (χ3n) is 2.60. The van der Waals surface area contributed by atoms with Crippen LogP contribution in [0, 0.1) is 0 Å². The fraction of sp³-hybridized carbons (Fsp3) is 0. The fourth-order valence-electron chi connectivity index (χ4n) is 1.85. The lowest BCUT2D eigenvalue weighted by atomic mass is 10.1. The molecule has 0 spiro atoms. The van der Waals surface area contributed by atoms with Crippen molar-refractivity contribution in [2.24, 2.45) is 0 Å². The van der Waals surface area contributed by atoms with Crippen molar-refractivity contribution in [1.82, 2.24) is 9.97 Å². The average Bonchev–Trinajstić information content (AvgIpc) is 2.73. The van der Waals surface area contributed by atoms with Crippen LogP contribution < -0.4 is 0 Å². The van der Waals surface area contributed by atoms with E-state index in [0.717, 1.165) is 21.8 Å². The summed E-state index contributed by atoms with van der Waals surface area (Å²) < 4.78 is 0. The molecule has 0 saturated carbocycles. The van der Waals surface area contributed by atoms with Gasteiger partial charge in [-0.15, -0.1) is 0 Å².